The second-order valence-electron chi connectivity index (χ2n) is 3.73. The number of hydrogen-bond donors (Lipinski definition) is 2. The van der Waals surface area contributed by atoms with Crippen molar-refractivity contribution in [3.63, 3.8) is 0 Å². The van der Waals surface area contributed by atoms with E-state index in [0.29, 0.717) is 18.0 Å². The zero-order valence-electron chi connectivity index (χ0n) is 8.70. The maximum atomic E-state index is 11.8. The number of nitrogen functional groups attached to an aromatic ring is 1. The molecule has 0 bridgehead atoms. The molecule has 1 fully saturated rings. The minimum atomic E-state index is -0.326. The molecule has 0 aromatic heterocycles. The van der Waals surface area contributed by atoms with Crippen LogP contribution < -0.4 is 11.1 Å². The molecule has 16 heavy (non-hydrogen) atoms. The molecule has 2 rings (SSSR count). The van der Waals surface area contributed by atoms with E-state index in [1.54, 1.807) is 18.2 Å². The molecule has 86 valence electrons. The van der Waals surface area contributed by atoms with E-state index in [0.717, 1.165) is 17.3 Å². The molecule has 1 unspecified atom stereocenters. The van der Waals surface area contributed by atoms with Gasteiger partial charge in [0, 0.05) is 16.8 Å². The van der Waals surface area contributed by atoms with E-state index in [1.807, 2.05) is 0 Å². The molecule has 3 N–H and O–H groups in total. The van der Waals surface area contributed by atoms with E-state index in [9.17, 15) is 4.79 Å². The monoisotopic (exact) mass is 284 g/mol. The third-order valence-corrected chi connectivity index (χ3v) is 3.16. The molecule has 1 amide bonds. The summed E-state index contributed by atoms with van der Waals surface area (Å²) in [7, 11) is 0. The predicted octanol–water partition coefficient (Wildman–Crippen LogP) is 2.15. The van der Waals surface area contributed by atoms with Crippen molar-refractivity contribution >= 4 is 33.2 Å². The van der Waals surface area contributed by atoms with E-state index in [2.05, 4.69) is 21.2 Å². The number of halogens is 1. The number of carbonyl (C=O) groups excluding carboxylic acids is 1. The maximum Gasteiger partial charge on any atom is 0.253 e. The van der Waals surface area contributed by atoms with Crippen LogP contribution in [0.15, 0.2) is 22.7 Å². The number of amides is 1. The first-order valence-corrected chi connectivity index (χ1v) is 5.93. The Kier molecular flexibility index (Phi) is 3.46. The lowest BCUT2D eigenvalue weighted by Gasteiger charge is -2.12. The van der Waals surface area contributed by atoms with Crippen molar-refractivity contribution in [3.05, 3.63) is 22.7 Å². The lowest BCUT2D eigenvalue weighted by Crippen LogP contribution is -2.27. The minimum Gasteiger partial charge on any atom is -0.399 e. The van der Waals surface area contributed by atoms with E-state index in [-0.39, 0.29) is 12.0 Å². The van der Waals surface area contributed by atoms with Crippen LogP contribution in [0.5, 0.6) is 0 Å². The van der Waals surface area contributed by atoms with Gasteiger partial charge in [-0.2, -0.15) is 0 Å². The number of carbonyl (C=O) groups is 1. The average Bonchev–Trinajstić information content (AvgIpc) is 2.76. The largest absolute Gasteiger partial charge is 0.399 e. The number of hydrogen-bond acceptors (Lipinski definition) is 3. The fourth-order valence-corrected chi connectivity index (χ4v) is 1.98. The number of rotatable bonds is 2. The van der Waals surface area contributed by atoms with E-state index in [1.165, 1.54) is 0 Å². The Labute approximate surface area is 102 Å². The standard InChI is InChI=1S/C11H13BrN2O2/c12-8-4-3-7(13)6-9(8)14-11(15)10-2-1-5-16-10/h3-4,6,10H,1-2,5,13H2,(H,14,15). The van der Waals surface area contributed by atoms with Crippen molar-refractivity contribution in [2.24, 2.45) is 0 Å². The number of nitrogens with two attached hydrogens (primary N) is 1. The van der Waals surface area contributed by atoms with Gasteiger partial charge >= 0.3 is 0 Å². The Morgan fingerprint density at radius 3 is 3.06 bits per heavy atom. The van der Waals surface area contributed by atoms with Crippen LogP contribution in [0, 0.1) is 0 Å². The molecule has 1 saturated heterocycles. The van der Waals surface area contributed by atoms with Gasteiger partial charge in [-0.05, 0) is 47.0 Å². The summed E-state index contributed by atoms with van der Waals surface area (Å²) in [6.45, 7) is 0.663. The SMILES string of the molecule is Nc1ccc(Br)c(NC(=O)C2CCCO2)c1. The van der Waals surface area contributed by atoms with Gasteiger partial charge in [0.2, 0.25) is 0 Å². The molecule has 5 heteroatoms. The van der Waals surface area contributed by atoms with Gasteiger partial charge in [-0.3, -0.25) is 4.79 Å². The summed E-state index contributed by atoms with van der Waals surface area (Å²) in [5.74, 6) is -0.108. The van der Waals surface area contributed by atoms with Crippen LogP contribution in [-0.4, -0.2) is 18.6 Å². The molecular formula is C11H13BrN2O2. The van der Waals surface area contributed by atoms with Crippen molar-refractivity contribution in [1.29, 1.82) is 0 Å². The highest BCUT2D eigenvalue weighted by Gasteiger charge is 2.23. The molecule has 1 aromatic rings. The van der Waals surface area contributed by atoms with Crippen molar-refractivity contribution in [3.8, 4) is 0 Å². The van der Waals surface area contributed by atoms with Gasteiger partial charge < -0.3 is 15.8 Å². The molecule has 0 saturated carbocycles. The zero-order valence-corrected chi connectivity index (χ0v) is 10.3. The van der Waals surface area contributed by atoms with Crippen molar-refractivity contribution < 1.29 is 9.53 Å². The molecule has 1 heterocycles. The van der Waals surface area contributed by atoms with Gasteiger partial charge in [0.05, 0.1) is 5.69 Å². The summed E-state index contributed by atoms with van der Waals surface area (Å²) in [4.78, 5) is 11.8. The normalized spacial score (nSPS) is 19.7. The first-order chi connectivity index (χ1) is 7.66. The lowest BCUT2D eigenvalue weighted by molar-refractivity contribution is -0.124. The van der Waals surface area contributed by atoms with E-state index < -0.39 is 0 Å². The second kappa shape index (κ2) is 4.84. The topological polar surface area (TPSA) is 64.3 Å². The Morgan fingerprint density at radius 1 is 1.56 bits per heavy atom. The van der Waals surface area contributed by atoms with Crippen LogP contribution in [0.2, 0.25) is 0 Å². The van der Waals surface area contributed by atoms with Crippen LogP contribution in [-0.2, 0) is 9.53 Å². The number of benzene rings is 1. The van der Waals surface area contributed by atoms with Crippen LogP contribution in [0.1, 0.15) is 12.8 Å². The first kappa shape index (κ1) is 11.4. The van der Waals surface area contributed by atoms with Crippen LogP contribution in [0.3, 0.4) is 0 Å². The molecule has 0 spiro atoms. The molecule has 0 radical (unpaired) electrons. The van der Waals surface area contributed by atoms with Gasteiger partial charge in [-0.1, -0.05) is 0 Å². The number of nitrogens with one attached hydrogen (secondary N) is 1. The maximum absolute atomic E-state index is 11.8. The van der Waals surface area contributed by atoms with Crippen molar-refractivity contribution in [1.82, 2.24) is 0 Å². The van der Waals surface area contributed by atoms with Gasteiger partial charge in [-0.15, -0.1) is 0 Å². The highest BCUT2D eigenvalue weighted by molar-refractivity contribution is 9.10. The molecular weight excluding hydrogens is 272 g/mol. The Hall–Kier alpha value is -1.07. The molecule has 4 nitrogen and oxygen atoms in total. The molecule has 1 aromatic carbocycles. The fraction of sp³-hybridized carbons (Fsp3) is 0.364. The Morgan fingerprint density at radius 2 is 2.38 bits per heavy atom. The lowest BCUT2D eigenvalue weighted by atomic mass is 10.2. The van der Waals surface area contributed by atoms with Gasteiger partial charge in [0.1, 0.15) is 6.10 Å². The fourth-order valence-electron chi connectivity index (χ4n) is 1.64. The van der Waals surface area contributed by atoms with Crippen LogP contribution in [0.4, 0.5) is 11.4 Å². The van der Waals surface area contributed by atoms with Crippen molar-refractivity contribution in [2.75, 3.05) is 17.7 Å². The van der Waals surface area contributed by atoms with Crippen LogP contribution >= 0.6 is 15.9 Å². The summed E-state index contributed by atoms with van der Waals surface area (Å²) in [6, 6.07) is 5.29. The molecule has 1 atom stereocenters. The summed E-state index contributed by atoms with van der Waals surface area (Å²) in [5, 5.41) is 2.80. The van der Waals surface area contributed by atoms with Gasteiger partial charge in [0.25, 0.3) is 5.91 Å². The third kappa shape index (κ3) is 2.54. The highest BCUT2D eigenvalue weighted by atomic mass is 79.9. The third-order valence-electron chi connectivity index (χ3n) is 2.47. The number of anilines is 2. The van der Waals surface area contributed by atoms with E-state index >= 15 is 0 Å². The summed E-state index contributed by atoms with van der Waals surface area (Å²) in [6.07, 6.45) is 1.40. The smallest absolute Gasteiger partial charge is 0.253 e. The minimum absolute atomic E-state index is 0.108. The quantitative estimate of drug-likeness (QED) is 0.818. The van der Waals surface area contributed by atoms with Crippen molar-refractivity contribution in [2.45, 2.75) is 18.9 Å². The van der Waals surface area contributed by atoms with E-state index in [4.69, 9.17) is 10.5 Å². The first-order valence-electron chi connectivity index (χ1n) is 5.14. The summed E-state index contributed by atoms with van der Waals surface area (Å²) < 4.78 is 6.11. The molecule has 1 aliphatic rings. The Balaban J connectivity index is 2.07. The number of ether oxygens (including phenoxy) is 1. The Bertz CT molecular complexity index is 403. The highest BCUT2D eigenvalue weighted by Crippen LogP contribution is 2.25. The second-order valence-corrected chi connectivity index (χ2v) is 4.58. The average molecular weight is 285 g/mol. The predicted molar refractivity (Wildman–Crippen MR) is 66.2 cm³/mol. The van der Waals surface area contributed by atoms with Gasteiger partial charge in [0.15, 0.2) is 0 Å². The summed E-state index contributed by atoms with van der Waals surface area (Å²) >= 11 is 3.36. The molecule has 0 aliphatic carbocycles. The zero-order chi connectivity index (χ0) is 11.5. The van der Waals surface area contributed by atoms with Crippen LogP contribution in [0.25, 0.3) is 0 Å². The summed E-state index contributed by atoms with van der Waals surface area (Å²) in [5.41, 5.74) is 6.95. The van der Waals surface area contributed by atoms with Gasteiger partial charge in [-0.25, -0.2) is 0 Å². The molecule has 1 aliphatic heterocycles.